The fourth-order valence-electron chi connectivity index (χ4n) is 2.77. The highest BCUT2D eigenvalue weighted by Crippen LogP contribution is 2.23. The summed E-state index contributed by atoms with van der Waals surface area (Å²) in [7, 11) is 0. The molecule has 7 heteroatoms. The first-order valence-electron chi connectivity index (χ1n) is 9.53. The van der Waals surface area contributed by atoms with Gasteiger partial charge in [0.1, 0.15) is 11.6 Å². The lowest BCUT2D eigenvalue weighted by atomic mass is 10.2. The molecule has 0 saturated heterocycles. The van der Waals surface area contributed by atoms with Crippen LogP contribution in [0.3, 0.4) is 0 Å². The van der Waals surface area contributed by atoms with Crippen LogP contribution in [-0.4, -0.2) is 22.0 Å². The molecular formula is C22H23BrIN3O2. The number of benzene rings is 2. The summed E-state index contributed by atoms with van der Waals surface area (Å²) in [5.41, 5.74) is 1.39. The van der Waals surface area contributed by atoms with Crippen molar-refractivity contribution in [1.29, 1.82) is 0 Å². The molecule has 0 amide bonds. The van der Waals surface area contributed by atoms with Crippen LogP contribution in [0.15, 0.2) is 50.8 Å². The maximum Gasteiger partial charge on any atom is 0.282 e. The van der Waals surface area contributed by atoms with Crippen LogP contribution in [0.25, 0.3) is 10.9 Å². The number of rotatable bonds is 6. The van der Waals surface area contributed by atoms with E-state index in [1.54, 1.807) is 12.3 Å². The molecule has 5 nitrogen and oxygen atoms in total. The minimum atomic E-state index is -0.178. The van der Waals surface area contributed by atoms with Crippen molar-refractivity contribution in [3.8, 4) is 5.75 Å². The van der Waals surface area contributed by atoms with Gasteiger partial charge in [0.25, 0.3) is 5.56 Å². The van der Waals surface area contributed by atoms with Gasteiger partial charge in [-0.2, -0.15) is 9.78 Å². The minimum Gasteiger partial charge on any atom is -0.490 e. The first kappa shape index (κ1) is 22.0. The Labute approximate surface area is 192 Å². The van der Waals surface area contributed by atoms with Gasteiger partial charge in [0, 0.05) is 10.4 Å². The Morgan fingerprint density at radius 1 is 1.24 bits per heavy atom. The summed E-state index contributed by atoms with van der Waals surface area (Å²) in [6.07, 6.45) is 2.80. The predicted molar refractivity (Wildman–Crippen MR) is 130 cm³/mol. The lowest BCUT2D eigenvalue weighted by molar-refractivity contribution is 0.216. The van der Waals surface area contributed by atoms with Crippen molar-refractivity contribution in [3.05, 3.63) is 66.2 Å². The van der Waals surface area contributed by atoms with Gasteiger partial charge in [0.15, 0.2) is 0 Å². The standard InChI is InChI=1S/C22H23BrIN3O2/c1-5-14(4)29-20-9-6-15(10-18(20)24)12-25-27-21(13(2)3)26-19-8-7-16(23)11-17(19)22(27)28/h6-14H,5H2,1-4H3/t14-/m0/s1. The average molecular weight is 568 g/mol. The molecule has 1 heterocycles. The fraction of sp³-hybridized carbons (Fsp3) is 0.318. The van der Waals surface area contributed by atoms with Crippen molar-refractivity contribution in [2.24, 2.45) is 5.10 Å². The topological polar surface area (TPSA) is 56.5 Å². The van der Waals surface area contributed by atoms with Crippen LogP contribution < -0.4 is 10.3 Å². The van der Waals surface area contributed by atoms with E-state index in [2.05, 4.69) is 62.5 Å². The maximum absolute atomic E-state index is 13.1. The maximum atomic E-state index is 13.1. The molecule has 1 atom stereocenters. The van der Waals surface area contributed by atoms with E-state index < -0.39 is 0 Å². The van der Waals surface area contributed by atoms with Gasteiger partial charge in [-0.05, 0) is 77.9 Å². The molecule has 29 heavy (non-hydrogen) atoms. The highest BCUT2D eigenvalue weighted by atomic mass is 127. The molecule has 3 rings (SSSR count). The lowest BCUT2D eigenvalue weighted by Crippen LogP contribution is -2.23. The van der Waals surface area contributed by atoms with Gasteiger partial charge in [-0.25, -0.2) is 4.98 Å². The number of halogens is 2. The summed E-state index contributed by atoms with van der Waals surface area (Å²) in [5.74, 6) is 1.54. The largest absolute Gasteiger partial charge is 0.490 e. The van der Waals surface area contributed by atoms with E-state index in [1.807, 2.05) is 44.2 Å². The zero-order chi connectivity index (χ0) is 21.1. The molecular weight excluding hydrogens is 545 g/mol. The lowest BCUT2D eigenvalue weighted by Gasteiger charge is -2.14. The van der Waals surface area contributed by atoms with Crippen LogP contribution >= 0.6 is 38.5 Å². The Bertz CT molecular complexity index is 1120. The molecule has 0 bridgehead atoms. The third-order valence-corrected chi connectivity index (χ3v) is 5.87. The molecule has 0 radical (unpaired) electrons. The van der Waals surface area contributed by atoms with Crippen molar-refractivity contribution in [3.63, 3.8) is 0 Å². The third-order valence-electron chi connectivity index (χ3n) is 4.53. The molecule has 2 aromatic carbocycles. The predicted octanol–water partition coefficient (Wildman–Crippen LogP) is 5.95. The molecule has 0 saturated carbocycles. The molecule has 0 N–H and O–H groups in total. The molecule has 0 spiro atoms. The normalized spacial score (nSPS) is 12.8. The Balaban J connectivity index is 2.02. The van der Waals surface area contributed by atoms with Gasteiger partial charge in [-0.15, -0.1) is 0 Å². The van der Waals surface area contributed by atoms with Gasteiger partial charge < -0.3 is 4.74 Å². The Hall–Kier alpha value is -1.74. The van der Waals surface area contributed by atoms with Crippen LogP contribution in [0.4, 0.5) is 0 Å². The van der Waals surface area contributed by atoms with Gasteiger partial charge in [0.05, 0.1) is 26.8 Å². The summed E-state index contributed by atoms with van der Waals surface area (Å²) in [5, 5.41) is 5.02. The van der Waals surface area contributed by atoms with E-state index >= 15 is 0 Å². The zero-order valence-electron chi connectivity index (χ0n) is 16.8. The molecule has 3 aromatic rings. The number of nitrogens with zero attached hydrogens (tertiary/aromatic N) is 3. The summed E-state index contributed by atoms with van der Waals surface area (Å²) < 4.78 is 9.16. The number of hydrogen-bond acceptors (Lipinski definition) is 4. The molecule has 0 fully saturated rings. The van der Waals surface area contributed by atoms with E-state index in [0.717, 1.165) is 25.8 Å². The van der Waals surface area contributed by atoms with E-state index in [4.69, 9.17) is 4.74 Å². The van der Waals surface area contributed by atoms with Gasteiger partial charge in [0.2, 0.25) is 0 Å². The van der Waals surface area contributed by atoms with E-state index in [-0.39, 0.29) is 17.6 Å². The molecule has 152 valence electrons. The van der Waals surface area contributed by atoms with Crippen molar-refractivity contribution in [2.45, 2.75) is 46.1 Å². The second-order valence-corrected chi connectivity index (χ2v) is 9.25. The quantitative estimate of drug-likeness (QED) is 0.273. The second kappa shape index (κ2) is 9.38. The molecule has 0 aliphatic carbocycles. The smallest absolute Gasteiger partial charge is 0.282 e. The van der Waals surface area contributed by atoms with Crippen LogP contribution in [0, 0.1) is 3.57 Å². The second-order valence-electron chi connectivity index (χ2n) is 7.17. The SMILES string of the molecule is CC[C@H](C)Oc1ccc(C=Nn2c(C(C)C)nc3ccc(Br)cc3c2=O)cc1I. The fourth-order valence-corrected chi connectivity index (χ4v) is 3.80. The van der Waals surface area contributed by atoms with Crippen molar-refractivity contribution in [2.75, 3.05) is 0 Å². The highest BCUT2D eigenvalue weighted by Gasteiger charge is 2.14. The number of ether oxygens (including phenoxy) is 1. The van der Waals surface area contributed by atoms with Gasteiger partial charge in [-0.3, -0.25) is 4.79 Å². The number of hydrogen-bond donors (Lipinski definition) is 0. The minimum absolute atomic E-state index is 0.0549. The van der Waals surface area contributed by atoms with Gasteiger partial charge in [-0.1, -0.05) is 36.7 Å². The van der Waals surface area contributed by atoms with Crippen molar-refractivity contribution >= 4 is 55.6 Å². The molecule has 0 aliphatic heterocycles. The van der Waals surface area contributed by atoms with Crippen molar-refractivity contribution < 1.29 is 4.74 Å². The third kappa shape index (κ3) is 5.06. The summed E-state index contributed by atoms with van der Waals surface area (Å²) >= 11 is 5.68. The highest BCUT2D eigenvalue weighted by molar-refractivity contribution is 14.1. The Kier molecular flexibility index (Phi) is 7.10. The van der Waals surface area contributed by atoms with Gasteiger partial charge >= 0.3 is 0 Å². The van der Waals surface area contributed by atoms with E-state index in [0.29, 0.717) is 16.7 Å². The Morgan fingerprint density at radius 2 is 2.00 bits per heavy atom. The first-order chi connectivity index (χ1) is 13.8. The van der Waals surface area contributed by atoms with Crippen LogP contribution in [0.5, 0.6) is 5.75 Å². The average Bonchev–Trinajstić information content (AvgIpc) is 2.69. The van der Waals surface area contributed by atoms with Crippen molar-refractivity contribution in [1.82, 2.24) is 9.66 Å². The molecule has 0 unspecified atom stereocenters. The summed E-state index contributed by atoms with van der Waals surface area (Å²) in [6, 6.07) is 11.4. The Morgan fingerprint density at radius 3 is 2.66 bits per heavy atom. The molecule has 0 aliphatic rings. The summed E-state index contributed by atoms with van der Waals surface area (Å²) in [6.45, 7) is 8.15. The van der Waals surface area contributed by atoms with E-state index in [9.17, 15) is 4.79 Å². The monoisotopic (exact) mass is 567 g/mol. The number of fused-ring (bicyclic) bond motifs is 1. The molecule has 1 aromatic heterocycles. The summed E-state index contributed by atoms with van der Waals surface area (Å²) in [4.78, 5) is 17.7. The zero-order valence-corrected chi connectivity index (χ0v) is 20.6. The van der Waals surface area contributed by atoms with E-state index in [1.165, 1.54) is 4.68 Å². The number of aromatic nitrogens is 2. The first-order valence-corrected chi connectivity index (χ1v) is 11.4. The van der Waals surface area contributed by atoms with Crippen LogP contribution in [0.2, 0.25) is 0 Å². The van der Waals surface area contributed by atoms with Crippen LogP contribution in [0.1, 0.15) is 51.4 Å². The van der Waals surface area contributed by atoms with Crippen LogP contribution in [-0.2, 0) is 0 Å².